The molecule has 1 aromatic carbocycles. The smallest absolute Gasteiger partial charge is 0.275 e. The van der Waals surface area contributed by atoms with E-state index in [0.29, 0.717) is 11.4 Å². The molecule has 8 heteroatoms. The van der Waals surface area contributed by atoms with E-state index in [1.807, 2.05) is 0 Å². The van der Waals surface area contributed by atoms with Crippen LogP contribution in [0.4, 0.5) is 5.69 Å². The summed E-state index contributed by atoms with van der Waals surface area (Å²) in [5, 5.41) is 2.64. The summed E-state index contributed by atoms with van der Waals surface area (Å²) >= 11 is 0. The standard InChI is InChI=1S/C15H18N4O3S/c1-10(2)19-23(21,22)13-6-4-12(5-7-13)18-15(20)14-9-16-11(3)8-17-14/h4-10,19H,1-3H3,(H,18,20). The van der Waals surface area contributed by atoms with E-state index in [4.69, 9.17) is 0 Å². The molecule has 0 aliphatic rings. The Kier molecular flexibility index (Phi) is 5.07. The summed E-state index contributed by atoms with van der Waals surface area (Å²) in [5.74, 6) is -0.409. The molecule has 23 heavy (non-hydrogen) atoms. The summed E-state index contributed by atoms with van der Waals surface area (Å²) < 4.78 is 26.5. The third kappa shape index (κ3) is 4.57. The van der Waals surface area contributed by atoms with Crippen molar-refractivity contribution in [3.05, 3.63) is 48.0 Å². The van der Waals surface area contributed by atoms with Crippen LogP contribution in [-0.4, -0.2) is 30.3 Å². The van der Waals surface area contributed by atoms with Gasteiger partial charge in [-0.2, -0.15) is 0 Å². The van der Waals surface area contributed by atoms with Crippen molar-refractivity contribution in [1.29, 1.82) is 0 Å². The van der Waals surface area contributed by atoms with Crippen LogP contribution in [0.25, 0.3) is 0 Å². The number of sulfonamides is 1. The molecule has 0 fully saturated rings. The Balaban J connectivity index is 2.11. The van der Waals surface area contributed by atoms with Gasteiger partial charge in [0.2, 0.25) is 10.0 Å². The summed E-state index contributed by atoms with van der Waals surface area (Å²) in [7, 11) is -3.55. The normalized spacial score (nSPS) is 11.5. The minimum absolute atomic E-state index is 0.138. The number of nitrogens with one attached hydrogen (secondary N) is 2. The fraction of sp³-hybridized carbons (Fsp3) is 0.267. The van der Waals surface area contributed by atoms with E-state index in [1.165, 1.54) is 36.7 Å². The maximum absolute atomic E-state index is 12.0. The van der Waals surface area contributed by atoms with Gasteiger partial charge in [0.1, 0.15) is 5.69 Å². The Labute approximate surface area is 135 Å². The molecule has 1 heterocycles. The van der Waals surface area contributed by atoms with Gasteiger partial charge in [-0.1, -0.05) is 0 Å². The van der Waals surface area contributed by atoms with Crippen molar-refractivity contribution in [2.75, 3.05) is 5.32 Å². The lowest BCUT2D eigenvalue weighted by Gasteiger charge is -2.10. The molecular weight excluding hydrogens is 316 g/mol. The minimum atomic E-state index is -3.55. The molecule has 0 unspecified atom stereocenters. The highest BCUT2D eigenvalue weighted by Crippen LogP contribution is 2.15. The quantitative estimate of drug-likeness (QED) is 0.867. The molecule has 0 saturated carbocycles. The lowest BCUT2D eigenvalue weighted by molar-refractivity contribution is 0.102. The van der Waals surface area contributed by atoms with E-state index in [2.05, 4.69) is 20.0 Å². The molecule has 0 bridgehead atoms. The summed E-state index contributed by atoms with van der Waals surface area (Å²) in [6, 6.07) is 5.71. The van der Waals surface area contributed by atoms with Crippen molar-refractivity contribution < 1.29 is 13.2 Å². The van der Waals surface area contributed by atoms with Crippen LogP contribution in [-0.2, 0) is 10.0 Å². The number of hydrogen-bond acceptors (Lipinski definition) is 5. The van der Waals surface area contributed by atoms with Crippen LogP contribution in [0.15, 0.2) is 41.6 Å². The highest BCUT2D eigenvalue weighted by molar-refractivity contribution is 7.89. The highest BCUT2D eigenvalue weighted by atomic mass is 32.2. The van der Waals surface area contributed by atoms with Crippen molar-refractivity contribution in [2.24, 2.45) is 0 Å². The van der Waals surface area contributed by atoms with Gasteiger partial charge in [0, 0.05) is 17.9 Å². The molecule has 2 rings (SSSR count). The Hall–Kier alpha value is -2.32. The van der Waals surface area contributed by atoms with Crippen LogP contribution >= 0.6 is 0 Å². The van der Waals surface area contributed by atoms with Crippen molar-refractivity contribution in [3.63, 3.8) is 0 Å². The van der Waals surface area contributed by atoms with Crippen LogP contribution in [0.1, 0.15) is 30.0 Å². The zero-order chi connectivity index (χ0) is 17.0. The average Bonchev–Trinajstić information content (AvgIpc) is 2.47. The first-order chi connectivity index (χ1) is 10.8. The highest BCUT2D eigenvalue weighted by Gasteiger charge is 2.15. The van der Waals surface area contributed by atoms with Gasteiger partial charge in [-0.25, -0.2) is 18.1 Å². The maximum Gasteiger partial charge on any atom is 0.275 e. The van der Waals surface area contributed by atoms with Gasteiger partial charge in [0.05, 0.1) is 16.8 Å². The molecule has 0 spiro atoms. The van der Waals surface area contributed by atoms with Crippen LogP contribution in [0, 0.1) is 6.92 Å². The monoisotopic (exact) mass is 334 g/mol. The van der Waals surface area contributed by atoms with E-state index in [1.54, 1.807) is 20.8 Å². The lowest BCUT2D eigenvalue weighted by Crippen LogP contribution is -2.30. The van der Waals surface area contributed by atoms with E-state index >= 15 is 0 Å². The number of nitrogens with zero attached hydrogens (tertiary/aromatic N) is 2. The number of hydrogen-bond donors (Lipinski definition) is 2. The zero-order valence-electron chi connectivity index (χ0n) is 13.1. The van der Waals surface area contributed by atoms with E-state index < -0.39 is 15.9 Å². The number of amides is 1. The van der Waals surface area contributed by atoms with Crippen molar-refractivity contribution in [2.45, 2.75) is 31.7 Å². The molecule has 1 amide bonds. The van der Waals surface area contributed by atoms with Crippen LogP contribution in [0.5, 0.6) is 0 Å². The summed E-state index contributed by atoms with van der Waals surface area (Å²) in [5.41, 5.74) is 1.38. The van der Waals surface area contributed by atoms with Gasteiger partial charge in [-0.15, -0.1) is 0 Å². The zero-order valence-corrected chi connectivity index (χ0v) is 13.9. The molecule has 0 radical (unpaired) electrons. The number of carbonyl (C=O) groups excluding carboxylic acids is 1. The number of aromatic nitrogens is 2. The van der Waals surface area contributed by atoms with Crippen LogP contribution < -0.4 is 10.0 Å². The van der Waals surface area contributed by atoms with Gasteiger partial charge < -0.3 is 5.32 Å². The van der Waals surface area contributed by atoms with Gasteiger partial charge in [0.15, 0.2) is 0 Å². The third-order valence-electron chi connectivity index (χ3n) is 2.83. The fourth-order valence-corrected chi connectivity index (χ4v) is 3.05. The van der Waals surface area contributed by atoms with Gasteiger partial charge in [-0.3, -0.25) is 9.78 Å². The second-order valence-corrected chi connectivity index (χ2v) is 7.01. The summed E-state index contributed by atoms with van der Waals surface area (Å²) in [6.07, 6.45) is 2.89. The molecular formula is C15H18N4O3S. The fourth-order valence-electron chi connectivity index (χ4n) is 1.80. The number of aryl methyl sites for hydroxylation is 1. The molecule has 0 aliphatic carbocycles. The Morgan fingerprint density at radius 1 is 1.09 bits per heavy atom. The first-order valence-electron chi connectivity index (χ1n) is 7.00. The van der Waals surface area contributed by atoms with Gasteiger partial charge >= 0.3 is 0 Å². The number of benzene rings is 1. The Morgan fingerprint density at radius 3 is 2.26 bits per heavy atom. The molecule has 0 aliphatic heterocycles. The van der Waals surface area contributed by atoms with Gasteiger partial charge in [0.25, 0.3) is 5.91 Å². The van der Waals surface area contributed by atoms with Crippen LogP contribution in [0.2, 0.25) is 0 Å². The summed E-state index contributed by atoms with van der Waals surface area (Å²) in [6.45, 7) is 5.27. The molecule has 2 aromatic rings. The second-order valence-electron chi connectivity index (χ2n) is 5.30. The van der Waals surface area contributed by atoms with Crippen LogP contribution in [0.3, 0.4) is 0 Å². The Bertz CT molecular complexity index is 784. The van der Waals surface area contributed by atoms with E-state index in [-0.39, 0.29) is 16.6 Å². The molecule has 1 aromatic heterocycles. The predicted molar refractivity (Wildman–Crippen MR) is 86.6 cm³/mol. The largest absolute Gasteiger partial charge is 0.321 e. The lowest BCUT2D eigenvalue weighted by atomic mass is 10.3. The molecule has 0 saturated heterocycles. The molecule has 7 nitrogen and oxygen atoms in total. The average molecular weight is 334 g/mol. The Morgan fingerprint density at radius 2 is 1.74 bits per heavy atom. The predicted octanol–water partition coefficient (Wildman–Crippen LogP) is 1.72. The van der Waals surface area contributed by atoms with Crippen molar-refractivity contribution in [3.8, 4) is 0 Å². The molecule has 0 atom stereocenters. The first-order valence-corrected chi connectivity index (χ1v) is 8.48. The molecule has 2 N–H and O–H groups in total. The van der Waals surface area contributed by atoms with Crippen molar-refractivity contribution in [1.82, 2.24) is 14.7 Å². The third-order valence-corrected chi connectivity index (χ3v) is 4.50. The van der Waals surface area contributed by atoms with E-state index in [9.17, 15) is 13.2 Å². The maximum atomic E-state index is 12.0. The second kappa shape index (κ2) is 6.84. The van der Waals surface area contributed by atoms with Crippen molar-refractivity contribution >= 4 is 21.6 Å². The number of anilines is 1. The minimum Gasteiger partial charge on any atom is -0.321 e. The number of carbonyl (C=O) groups is 1. The first kappa shape index (κ1) is 17.0. The molecule has 122 valence electrons. The SMILES string of the molecule is Cc1cnc(C(=O)Nc2ccc(S(=O)(=O)NC(C)C)cc2)cn1. The summed E-state index contributed by atoms with van der Waals surface area (Å²) in [4.78, 5) is 20.1. The number of rotatable bonds is 5. The topological polar surface area (TPSA) is 101 Å². The van der Waals surface area contributed by atoms with E-state index in [0.717, 1.165) is 0 Å². The van der Waals surface area contributed by atoms with Gasteiger partial charge in [-0.05, 0) is 45.0 Å².